The molecule has 0 aliphatic carbocycles. The predicted molar refractivity (Wildman–Crippen MR) is 238 cm³/mol. The van der Waals surface area contributed by atoms with Gasteiger partial charge in [0.2, 0.25) is 0 Å². The van der Waals surface area contributed by atoms with E-state index in [0.29, 0.717) is 5.82 Å². The fraction of sp³-hybridized carbons (Fsp3) is 0.0189. The van der Waals surface area contributed by atoms with E-state index in [2.05, 4.69) is 191 Å². The summed E-state index contributed by atoms with van der Waals surface area (Å²) in [5, 5.41) is 5.00. The van der Waals surface area contributed by atoms with Gasteiger partial charge >= 0.3 is 0 Å². The van der Waals surface area contributed by atoms with Crippen LogP contribution >= 0.6 is 11.8 Å². The van der Waals surface area contributed by atoms with Gasteiger partial charge in [-0.3, -0.25) is 4.57 Å². The zero-order valence-corrected chi connectivity index (χ0v) is 32.0. The second kappa shape index (κ2) is 11.9. The Hall–Kier alpha value is -7.21. The number of rotatable bonds is 3. The third-order valence-corrected chi connectivity index (χ3v) is 13.6. The highest BCUT2D eigenvalue weighted by atomic mass is 32.2. The van der Waals surface area contributed by atoms with Gasteiger partial charge in [-0.2, -0.15) is 0 Å². The molecule has 0 bridgehead atoms. The lowest BCUT2D eigenvalue weighted by Gasteiger charge is -2.45. The summed E-state index contributed by atoms with van der Waals surface area (Å²) in [7, 11) is 0. The summed E-state index contributed by atoms with van der Waals surface area (Å²) in [5.41, 5.74) is 13.6. The van der Waals surface area contributed by atoms with E-state index in [1.165, 1.54) is 70.3 Å². The van der Waals surface area contributed by atoms with Gasteiger partial charge in [-0.1, -0.05) is 169 Å². The molecule has 5 heteroatoms. The molecule has 0 amide bonds. The molecule has 0 N–H and O–H groups in total. The maximum Gasteiger partial charge on any atom is 0.162 e. The second-order valence-electron chi connectivity index (χ2n) is 15.3. The number of para-hydroxylation sites is 4. The first-order valence-electron chi connectivity index (χ1n) is 19.8. The first-order chi connectivity index (χ1) is 28.8. The Morgan fingerprint density at radius 1 is 0.431 bits per heavy atom. The average molecular weight is 757 g/mol. The van der Waals surface area contributed by atoms with Crippen LogP contribution in [0.4, 0.5) is 0 Å². The van der Waals surface area contributed by atoms with Crippen LogP contribution in [-0.2, 0) is 5.41 Å². The number of nitrogens with zero attached hydrogens (tertiary/aromatic N) is 4. The van der Waals surface area contributed by atoms with E-state index in [9.17, 15) is 0 Å². The van der Waals surface area contributed by atoms with Crippen LogP contribution in [0.3, 0.4) is 0 Å². The van der Waals surface area contributed by atoms with Crippen molar-refractivity contribution in [2.75, 3.05) is 0 Å². The molecule has 8 aromatic carbocycles. The molecule has 13 rings (SSSR count). The van der Waals surface area contributed by atoms with E-state index < -0.39 is 5.41 Å². The molecule has 11 aromatic rings. The number of benzene rings is 8. The maximum absolute atomic E-state index is 5.35. The van der Waals surface area contributed by atoms with Crippen molar-refractivity contribution in [3.05, 3.63) is 216 Å². The molecule has 58 heavy (non-hydrogen) atoms. The summed E-state index contributed by atoms with van der Waals surface area (Å²) in [6, 6.07) is 70.5. The molecule has 0 fully saturated rings. The molecule has 1 atom stereocenters. The van der Waals surface area contributed by atoms with Gasteiger partial charge in [0, 0.05) is 48.5 Å². The molecule has 3 aromatic heterocycles. The Morgan fingerprint density at radius 3 is 1.90 bits per heavy atom. The summed E-state index contributed by atoms with van der Waals surface area (Å²) >= 11 is 1.90. The van der Waals surface area contributed by atoms with Gasteiger partial charge in [0.25, 0.3) is 0 Å². The molecule has 1 unspecified atom stereocenters. The second-order valence-corrected chi connectivity index (χ2v) is 16.3. The fourth-order valence-corrected chi connectivity index (χ4v) is 11.4. The molecule has 2 aliphatic rings. The lowest BCUT2D eigenvalue weighted by Crippen LogP contribution is -2.37. The smallest absolute Gasteiger partial charge is 0.162 e. The lowest BCUT2D eigenvalue weighted by atomic mass is 9.62. The highest BCUT2D eigenvalue weighted by Crippen LogP contribution is 2.62. The SMILES string of the molecule is c1ccc(-c2cc(-n3c4ccccc4c4c5c(ccc43)C3(c4ccccc4S5)c4ccccc4-n4c5ccccc5c5cccc3c54)nc(-c3ccccc3)n2)cc1. The average Bonchev–Trinajstić information content (AvgIpc) is 3.82. The molecule has 1 spiro atoms. The summed E-state index contributed by atoms with van der Waals surface area (Å²) in [6.07, 6.45) is 0. The van der Waals surface area contributed by atoms with Crippen LogP contribution in [0, 0.1) is 0 Å². The molecule has 270 valence electrons. The minimum Gasteiger partial charge on any atom is -0.309 e. The van der Waals surface area contributed by atoms with E-state index >= 15 is 0 Å². The van der Waals surface area contributed by atoms with Crippen LogP contribution < -0.4 is 0 Å². The van der Waals surface area contributed by atoms with Crippen molar-refractivity contribution in [2.45, 2.75) is 15.2 Å². The van der Waals surface area contributed by atoms with E-state index in [0.717, 1.165) is 33.7 Å². The van der Waals surface area contributed by atoms with Crippen LogP contribution in [0.2, 0.25) is 0 Å². The zero-order valence-electron chi connectivity index (χ0n) is 31.2. The van der Waals surface area contributed by atoms with Crippen molar-refractivity contribution in [2.24, 2.45) is 0 Å². The van der Waals surface area contributed by atoms with Crippen LogP contribution in [0.15, 0.2) is 204 Å². The van der Waals surface area contributed by atoms with E-state index in [-0.39, 0.29) is 0 Å². The van der Waals surface area contributed by atoms with Crippen LogP contribution in [0.5, 0.6) is 0 Å². The normalized spacial score (nSPS) is 15.2. The molecular formula is C53H32N4S. The minimum atomic E-state index is -0.565. The van der Waals surface area contributed by atoms with E-state index in [1.54, 1.807) is 0 Å². The first-order valence-corrected chi connectivity index (χ1v) is 20.6. The maximum atomic E-state index is 5.35. The number of hydrogen-bond acceptors (Lipinski definition) is 3. The molecular weight excluding hydrogens is 725 g/mol. The van der Waals surface area contributed by atoms with Gasteiger partial charge in [-0.25, -0.2) is 9.97 Å². The molecule has 0 saturated heterocycles. The fourth-order valence-electron chi connectivity index (χ4n) is 10.1. The topological polar surface area (TPSA) is 35.6 Å². The predicted octanol–water partition coefficient (Wildman–Crippen LogP) is 13.2. The number of aromatic nitrogens is 4. The Bertz CT molecular complexity index is 3430. The van der Waals surface area contributed by atoms with Crippen LogP contribution in [0.25, 0.3) is 77.8 Å². The Balaban J connectivity index is 1.16. The van der Waals surface area contributed by atoms with Gasteiger partial charge in [0.1, 0.15) is 5.82 Å². The first kappa shape index (κ1) is 31.9. The summed E-state index contributed by atoms with van der Waals surface area (Å²) in [4.78, 5) is 13.0. The highest BCUT2D eigenvalue weighted by molar-refractivity contribution is 7.99. The van der Waals surface area contributed by atoms with Crippen molar-refractivity contribution in [1.29, 1.82) is 0 Å². The number of hydrogen-bond donors (Lipinski definition) is 0. The monoisotopic (exact) mass is 756 g/mol. The zero-order chi connectivity index (χ0) is 38.0. The Labute approximate surface area is 338 Å². The quantitative estimate of drug-likeness (QED) is 0.180. The van der Waals surface area contributed by atoms with Crippen molar-refractivity contribution in [3.63, 3.8) is 0 Å². The summed E-state index contributed by atoms with van der Waals surface area (Å²) in [5.74, 6) is 1.54. The largest absolute Gasteiger partial charge is 0.309 e. The van der Waals surface area contributed by atoms with Crippen molar-refractivity contribution in [3.8, 4) is 34.2 Å². The van der Waals surface area contributed by atoms with Crippen molar-refractivity contribution in [1.82, 2.24) is 19.1 Å². The molecule has 2 aliphatic heterocycles. The van der Waals surface area contributed by atoms with Crippen LogP contribution in [-0.4, -0.2) is 19.1 Å². The molecule has 4 nitrogen and oxygen atoms in total. The minimum absolute atomic E-state index is 0.565. The lowest BCUT2D eigenvalue weighted by molar-refractivity contribution is 0.692. The van der Waals surface area contributed by atoms with E-state index in [1.807, 2.05) is 23.9 Å². The van der Waals surface area contributed by atoms with Gasteiger partial charge in [0.15, 0.2) is 5.82 Å². The summed E-state index contributed by atoms with van der Waals surface area (Å²) in [6.45, 7) is 0. The van der Waals surface area contributed by atoms with Crippen LogP contribution in [0.1, 0.15) is 22.3 Å². The van der Waals surface area contributed by atoms with Gasteiger partial charge in [-0.15, -0.1) is 0 Å². The van der Waals surface area contributed by atoms with Crippen molar-refractivity contribution >= 4 is 55.4 Å². The molecule has 0 radical (unpaired) electrons. The van der Waals surface area contributed by atoms with Crippen molar-refractivity contribution < 1.29 is 0 Å². The Kier molecular flexibility index (Phi) is 6.55. The Morgan fingerprint density at radius 2 is 1.07 bits per heavy atom. The number of fused-ring (bicyclic) bond motifs is 15. The van der Waals surface area contributed by atoms with E-state index in [4.69, 9.17) is 9.97 Å². The molecule has 0 saturated carbocycles. The van der Waals surface area contributed by atoms with Gasteiger partial charge in [-0.05, 0) is 52.6 Å². The van der Waals surface area contributed by atoms with Gasteiger partial charge < -0.3 is 4.57 Å². The standard InChI is InChI=1S/C53H32N4S/c1-3-16-33(17-4-1)42-32-48(55-52(54-42)34-18-5-2-6-19-34)56-44-27-12-8-21-37(44)49-46(56)31-30-41-51(49)58-47-29-14-10-24-39(47)53(41)38-23-9-13-28-45(38)57-43-26-11-7-20-35(43)36-22-15-25-40(53)50(36)57/h1-32H. The summed E-state index contributed by atoms with van der Waals surface area (Å²) < 4.78 is 4.87. The third-order valence-electron chi connectivity index (χ3n) is 12.4. The van der Waals surface area contributed by atoms with Gasteiger partial charge in [0.05, 0.1) is 38.9 Å². The molecule has 5 heterocycles. The third kappa shape index (κ3) is 4.15. The highest BCUT2D eigenvalue weighted by Gasteiger charge is 2.50.